The molecule has 0 bridgehead atoms. The highest BCUT2D eigenvalue weighted by molar-refractivity contribution is 7.47. The molecule has 0 aromatic heterocycles. The molecular formula is C36H61O10P. The monoisotopic (exact) mass is 684 g/mol. The first kappa shape index (κ1) is 44.7. The van der Waals surface area contributed by atoms with E-state index in [2.05, 4.69) is 74.6 Å². The second kappa shape index (κ2) is 32.2. The van der Waals surface area contributed by atoms with E-state index in [0.717, 1.165) is 77.0 Å². The van der Waals surface area contributed by atoms with Gasteiger partial charge in [0.05, 0.1) is 26.4 Å². The van der Waals surface area contributed by atoms with E-state index in [-0.39, 0.29) is 12.8 Å². The quantitative estimate of drug-likeness (QED) is 0.0284. The van der Waals surface area contributed by atoms with Gasteiger partial charge >= 0.3 is 19.8 Å². The van der Waals surface area contributed by atoms with Crippen molar-refractivity contribution in [3.63, 3.8) is 0 Å². The van der Waals surface area contributed by atoms with Crippen molar-refractivity contribution < 1.29 is 47.8 Å². The van der Waals surface area contributed by atoms with Crippen LogP contribution in [0.3, 0.4) is 0 Å². The van der Waals surface area contributed by atoms with Crippen LogP contribution in [0.1, 0.15) is 117 Å². The van der Waals surface area contributed by atoms with Gasteiger partial charge in [-0.15, -0.1) is 0 Å². The van der Waals surface area contributed by atoms with Gasteiger partial charge in [-0.05, 0) is 57.8 Å². The van der Waals surface area contributed by atoms with E-state index in [1.807, 2.05) is 0 Å². The zero-order valence-corrected chi connectivity index (χ0v) is 29.6. The van der Waals surface area contributed by atoms with Crippen LogP contribution in [0.5, 0.6) is 0 Å². The lowest BCUT2D eigenvalue weighted by Crippen LogP contribution is -2.28. The van der Waals surface area contributed by atoms with Crippen LogP contribution in [0.15, 0.2) is 60.8 Å². The van der Waals surface area contributed by atoms with Gasteiger partial charge in [0.15, 0.2) is 0 Å². The van der Waals surface area contributed by atoms with Crippen molar-refractivity contribution in [1.29, 1.82) is 0 Å². The highest BCUT2D eigenvalue weighted by Crippen LogP contribution is 2.43. The summed E-state index contributed by atoms with van der Waals surface area (Å²) in [5.41, 5.74) is 0. The molecule has 0 rings (SSSR count). The minimum atomic E-state index is -4.63. The average molecular weight is 685 g/mol. The van der Waals surface area contributed by atoms with Crippen LogP contribution in [0, 0.1) is 0 Å². The van der Waals surface area contributed by atoms with Crippen molar-refractivity contribution in [2.75, 3.05) is 26.4 Å². The zero-order valence-electron chi connectivity index (χ0n) is 28.7. The summed E-state index contributed by atoms with van der Waals surface area (Å²) in [6.07, 6.45) is 32.6. The fourth-order valence-electron chi connectivity index (χ4n) is 4.08. The summed E-state index contributed by atoms with van der Waals surface area (Å²) in [5, 5.41) is 18.9. The van der Waals surface area contributed by atoms with Crippen molar-refractivity contribution in [2.24, 2.45) is 0 Å². The number of carbonyl (C=O) groups is 2. The number of phosphoric acid groups is 1. The smallest absolute Gasteiger partial charge is 0.457 e. The SMILES string of the molecule is CC/C=C\C/C=C\C/C=C\C/C=C\C/C=C\CCCCCC(=O)OC(CO)COP(=O)(O)OCC(CO)OC(=O)CCCCCCC. The normalized spacial score (nSPS) is 14.9. The number of allylic oxidation sites excluding steroid dienone is 10. The second-order valence-corrected chi connectivity index (χ2v) is 12.6. The third-order valence-corrected chi connectivity index (χ3v) is 7.70. The Balaban J connectivity index is 4.04. The highest BCUT2D eigenvalue weighted by Gasteiger charge is 2.27. The van der Waals surface area contributed by atoms with Crippen LogP contribution < -0.4 is 0 Å². The molecule has 0 amide bonds. The van der Waals surface area contributed by atoms with Crippen LogP contribution in [-0.4, -0.2) is 65.7 Å². The van der Waals surface area contributed by atoms with Gasteiger partial charge in [-0.1, -0.05) is 107 Å². The Labute approximate surface area is 283 Å². The van der Waals surface area contributed by atoms with E-state index < -0.39 is 58.4 Å². The Bertz CT molecular complexity index is 973. The Morgan fingerprint density at radius 3 is 1.43 bits per heavy atom. The largest absolute Gasteiger partial charge is 0.472 e. The van der Waals surface area contributed by atoms with E-state index in [1.165, 1.54) is 0 Å². The van der Waals surface area contributed by atoms with Crippen LogP contribution in [0.2, 0.25) is 0 Å². The predicted octanol–water partition coefficient (Wildman–Crippen LogP) is 7.99. The van der Waals surface area contributed by atoms with Crippen molar-refractivity contribution in [3.8, 4) is 0 Å². The molecule has 0 aromatic carbocycles. The number of aliphatic hydroxyl groups excluding tert-OH is 2. The molecule has 47 heavy (non-hydrogen) atoms. The van der Waals surface area contributed by atoms with E-state index in [1.54, 1.807) is 0 Å². The lowest BCUT2D eigenvalue weighted by atomic mass is 10.1. The lowest BCUT2D eigenvalue weighted by molar-refractivity contribution is -0.153. The Morgan fingerprint density at radius 2 is 1.00 bits per heavy atom. The molecule has 0 aromatic rings. The molecule has 10 nitrogen and oxygen atoms in total. The number of unbranched alkanes of at least 4 members (excludes halogenated alkanes) is 7. The van der Waals surface area contributed by atoms with E-state index in [0.29, 0.717) is 12.8 Å². The Morgan fingerprint density at radius 1 is 0.596 bits per heavy atom. The summed E-state index contributed by atoms with van der Waals surface area (Å²) in [6.45, 7) is 1.90. The first-order chi connectivity index (χ1) is 22.8. The topological polar surface area (TPSA) is 149 Å². The van der Waals surface area contributed by atoms with Crippen LogP contribution in [0.4, 0.5) is 0 Å². The van der Waals surface area contributed by atoms with Crippen LogP contribution in [0.25, 0.3) is 0 Å². The fourth-order valence-corrected chi connectivity index (χ4v) is 4.86. The van der Waals surface area contributed by atoms with Crippen molar-refractivity contribution >= 4 is 19.8 Å². The molecule has 3 unspecified atom stereocenters. The summed E-state index contributed by atoms with van der Waals surface area (Å²) in [7, 11) is -4.63. The van der Waals surface area contributed by atoms with E-state index in [4.69, 9.17) is 18.5 Å². The Kier molecular flexibility index (Phi) is 30.6. The van der Waals surface area contributed by atoms with Gasteiger partial charge in [0.2, 0.25) is 0 Å². The number of carbonyl (C=O) groups excluding carboxylic acids is 2. The summed E-state index contributed by atoms with van der Waals surface area (Å²) in [6, 6.07) is 0. The lowest BCUT2D eigenvalue weighted by Gasteiger charge is -2.20. The molecule has 0 radical (unpaired) electrons. The number of rotatable bonds is 31. The van der Waals surface area contributed by atoms with Gasteiger partial charge in [0, 0.05) is 12.8 Å². The second-order valence-electron chi connectivity index (χ2n) is 11.1. The molecule has 3 N–H and O–H groups in total. The first-order valence-corrected chi connectivity index (χ1v) is 18.7. The number of hydrogen-bond acceptors (Lipinski definition) is 9. The van der Waals surface area contributed by atoms with Gasteiger partial charge in [-0.3, -0.25) is 18.6 Å². The summed E-state index contributed by atoms with van der Waals surface area (Å²) < 4.78 is 32.1. The van der Waals surface area contributed by atoms with E-state index in [9.17, 15) is 29.3 Å². The fraction of sp³-hybridized carbons (Fsp3) is 0.667. The molecule has 0 fully saturated rings. The molecule has 0 spiro atoms. The molecule has 0 aliphatic rings. The molecule has 0 heterocycles. The summed E-state index contributed by atoms with van der Waals surface area (Å²) in [4.78, 5) is 34.0. The standard InChI is InChI=1S/C36H61O10P/c1-3-5-7-9-10-11-12-13-14-15-16-17-18-19-20-21-22-24-26-28-36(40)46-34(30-38)32-44-47(41,42)43-31-33(29-37)45-35(39)27-25-23-8-6-4-2/h5,7,10-11,13-14,16-17,19-20,33-34,37-38H,3-4,6,8-9,12,15,18,21-32H2,1-2H3,(H,41,42)/b7-5-,11-10-,14-13-,17-16-,20-19-. The van der Waals surface area contributed by atoms with E-state index >= 15 is 0 Å². The van der Waals surface area contributed by atoms with Crippen molar-refractivity contribution in [1.82, 2.24) is 0 Å². The summed E-state index contributed by atoms with van der Waals surface area (Å²) >= 11 is 0. The predicted molar refractivity (Wildman–Crippen MR) is 187 cm³/mol. The van der Waals surface area contributed by atoms with Crippen LogP contribution >= 0.6 is 7.82 Å². The van der Waals surface area contributed by atoms with Crippen molar-refractivity contribution in [2.45, 2.75) is 129 Å². The number of ether oxygens (including phenoxy) is 2. The van der Waals surface area contributed by atoms with Gasteiger partial charge in [-0.25, -0.2) is 4.57 Å². The maximum absolute atomic E-state index is 12.2. The molecule has 3 atom stereocenters. The average Bonchev–Trinajstić information content (AvgIpc) is 3.05. The first-order valence-electron chi connectivity index (χ1n) is 17.2. The molecule has 0 saturated carbocycles. The third-order valence-electron chi connectivity index (χ3n) is 6.74. The summed E-state index contributed by atoms with van der Waals surface area (Å²) in [5.74, 6) is -1.07. The van der Waals surface area contributed by atoms with Crippen molar-refractivity contribution in [3.05, 3.63) is 60.8 Å². The van der Waals surface area contributed by atoms with Gasteiger partial charge in [-0.2, -0.15) is 0 Å². The molecule has 0 aliphatic heterocycles. The maximum atomic E-state index is 12.2. The van der Waals surface area contributed by atoms with Gasteiger partial charge < -0.3 is 24.6 Å². The van der Waals surface area contributed by atoms with Gasteiger partial charge in [0.25, 0.3) is 0 Å². The minimum absolute atomic E-state index is 0.150. The molecule has 270 valence electrons. The number of phosphoric ester groups is 1. The molecule has 0 saturated heterocycles. The zero-order chi connectivity index (χ0) is 34.9. The Hall–Kier alpha value is -2.33. The molecular weight excluding hydrogens is 623 g/mol. The maximum Gasteiger partial charge on any atom is 0.472 e. The third kappa shape index (κ3) is 30.7. The van der Waals surface area contributed by atoms with Gasteiger partial charge in [0.1, 0.15) is 12.2 Å². The number of hydrogen-bond donors (Lipinski definition) is 3. The molecule has 11 heteroatoms. The molecule has 0 aliphatic carbocycles. The highest BCUT2D eigenvalue weighted by atomic mass is 31.2. The minimum Gasteiger partial charge on any atom is -0.457 e. The number of aliphatic hydroxyl groups is 2. The van der Waals surface area contributed by atoms with Crippen LogP contribution in [-0.2, 0) is 32.7 Å². The number of esters is 2.